The van der Waals surface area contributed by atoms with Crippen LogP contribution in [0.3, 0.4) is 0 Å². The first kappa shape index (κ1) is 38.7. The molecule has 0 radical (unpaired) electrons. The lowest BCUT2D eigenvalue weighted by molar-refractivity contribution is -0.142. The lowest BCUT2D eigenvalue weighted by atomic mass is 9.93. The number of anilines is 1. The third-order valence-corrected chi connectivity index (χ3v) is 9.65. The maximum absolute atomic E-state index is 15.3. The van der Waals surface area contributed by atoms with Crippen molar-refractivity contribution in [2.75, 3.05) is 5.73 Å². The van der Waals surface area contributed by atoms with Gasteiger partial charge < -0.3 is 11.1 Å². The molecule has 2 aromatic carbocycles. The molecule has 3 unspecified atom stereocenters. The fraction of sp³-hybridized carbons (Fsp3) is 0.297. The van der Waals surface area contributed by atoms with Gasteiger partial charge in [0.1, 0.15) is 36.1 Å². The summed E-state index contributed by atoms with van der Waals surface area (Å²) in [4.78, 5) is 18.4. The van der Waals surface area contributed by atoms with Crippen LogP contribution in [0.15, 0.2) is 54.6 Å². The highest BCUT2D eigenvalue weighted by Gasteiger charge is 2.68. The number of allylic oxidation sites excluding steroid dienone is 1. The zero-order valence-electron chi connectivity index (χ0n) is 28.7. The third kappa shape index (κ3) is 7.27. The summed E-state index contributed by atoms with van der Waals surface area (Å²) >= 11 is 6.37. The first-order valence-electron chi connectivity index (χ1n) is 16.6. The van der Waals surface area contributed by atoms with Gasteiger partial charge in [-0.25, -0.2) is 13.8 Å². The number of nitrogens with two attached hydrogens (primary N) is 1. The van der Waals surface area contributed by atoms with E-state index in [4.69, 9.17) is 17.3 Å². The molecule has 19 heteroatoms. The zero-order valence-corrected chi connectivity index (χ0v) is 29.4. The Labute approximate surface area is 315 Å². The molecule has 3 N–H and O–H groups in total. The smallest absolute Gasteiger partial charge is 0.382 e. The largest absolute Gasteiger partial charge is 0.435 e. The average Bonchev–Trinajstić information content (AvgIpc) is 3.61. The number of nitrogen functional groups attached to an aromatic ring is 1. The van der Waals surface area contributed by atoms with E-state index >= 15 is 8.78 Å². The molecule has 1 saturated carbocycles. The van der Waals surface area contributed by atoms with Crippen molar-refractivity contribution in [3.8, 4) is 23.0 Å². The SMILES string of the molecule is C=C(C)C#Cc1ccc(-c2ccc(Cl)c3c(N)nn(CC(F)(F)F)c23)c(C(Cc2cc(F)cc(F)c2)NC(=O)Cn2nc(C(F)(F)F)c3c2C(F)(F)C2CC32)n1. The standard InChI is InChI=1S/C37H26ClF10N7O/c1-16(2)3-4-20-5-6-21(22-7-8-25(38)29-31(22)55(53-34(29)49)15-35(41,42)43)30(50-20)26(11-17-9-18(39)12-19(40)10-17)51-27(56)14-54-33-28(32(52-54)37(46,47)48)23-13-24(23)36(33,44)45/h5-10,12,23-24,26H,1,11,13-15H2,2H3,(H2,49,53)(H,51,56). The van der Waals surface area contributed by atoms with Crippen molar-refractivity contribution >= 4 is 34.2 Å². The molecular formula is C37H26ClF10N7O. The second kappa shape index (κ2) is 13.6. The fourth-order valence-corrected chi connectivity index (χ4v) is 7.42. The monoisotopic (exact) mass is 809 g/mol. The molecule has 0 aliphatic heterocycles. The molecule has 2 aliphatic rings. The number of hydrogen-bond acceptors (Lipinski definition) is 5. The summed E-state index contributed by atoms with van der Waals surface area (Å²) in [7, 11) is 0. The second-order valence-electron chi connectivity index (χ2n) is 13.6. The number of pyridine rings is 1. The van der Waals surface area contributed by atoms with E-state index in [0.717, 1.165) is 12.1 Å². The highest BCUT2D eigenvalue weighted by molar-refractivity contribution is 6.37. The van der Waals surface area contributed by atoms with E-state index in [9.17, 15) is 39.9 Å². The molecule has 0 bridgehead atoms. The van der Waals surface area contributed by atoms with Crippen LogP contribution in [0.4, 0.5) is 49.7 Å². The second-order valence-corrected chi connectivity index (χ2v) is 14.0. The number of carbonyl (C=O) groups is 1. The van der Waals surface area contributed by atoms with Gasteiger partial charge in [0.15, 0.2) is 11.5 Å². The summed E-state index contributed by atoms with van der Waals surface area (Å²) in [6.07, 6.45) is -10.6. The van der Waals surface area contributed by atoms with Crippen molar-refractivity contribution in [3.05, 3.63) is 105 Å². The van der Waals surface area contributed by atoms with E-state index in [2.05, 4.69) is 38.9 Å². The minimum absolute atomic E-state index is 0.00279. The maximum atomic E-state index is 15.3. The summed E-state index contributed by atoms with van der Waals surface area (Å²) in [5.41, 5.74) is 2.78. The third-order valence-electron chi connectivity index (χ3n) is 9.34. The number of nitrogens with zero attached hydrogens (tertiary/aromatic N) is 5. The molecule has 3 aromatic heterocycles. The van der Waals surface area contributed by atoms with Crippen LogP contribution in [0.25, 0.3) is 22.0 Å². The highest BCUT2D eigenvalue weighted by Crippen LogP contribution is 2.68. The van der Waals surface area contributed by atoms with Crippen LogP contribution in [0, 0.1) is 29.4 Å². The molecule has 3 atom stereocenters. The maximum Gasteiger partial charge on any atom is 0.435 e. The van der Waals surface area contributed by atoms with Crippen LogP contribution >= 0.6 is 11.6 Å². The summed E-state index contributed by atoms with van der Waals surface area (Å²) in [6.45, 7) is 2.53. The van der Waals surface area contributed by atoms with Gasteiger partial charge in [-0.3, -0.25) is 14.2 Å². The normalized spacial score (nSPS) is 17.6. The highest BCUT2D eigenvalue weighted by atomic mass is 35.5. The molecular weight excluding hydrogens is 784 g/mol. The summed E-state index contributed by atoms with van der Waals surface area (Å²) in [6, 6.07) is 6.37. The number of alkyl halides is 8. The van der Waals surface area contributed by atoms with Gasteiger partial charge in [-0.2, -0.15) is 45.3 Å². The summed E-state index contributed by atoms with van der Waals surface area (Å²) in [5.74, 6) is -4.28. The van der Waals surface area contributed by atoms with Crippen LogP contribution in [-0.2, 0) is 36.4 Å². The Balaban J connectivity index is 1.39. The molecule has 2 aliphatic carbocycles. The Morgan fingerprint density at radius 3 is 2.38 bits per heavy atom. The van der Waals surface area contributed by atoms with Crippen molar-refractivity contribution < 1.29 is 48.7 Å². The number of hydrogen-bond donors (Lipinski definition) is 2. The molecule has 8 nitrogen and oxygen atoms in total. The number of aromatic nitrogens is 5. The number of benzene rings is 2. The quantitative estimate of drug-likeness (QED) is 0.121. The molecule has 7 rings (SSSR count). The summed E-state index contributed by atoms with van der Waals surface area (Å²) < 4.78 is 144. The van der Waals surface area contributed by atoms with Gasteiger partial charge in [-0.15, -0.1) is 0 Å². The number of rotatable bonds is 8. The molecule has 292 valence electrons. The predicted octanol–water partition coefficient (Wildman–Crippen LogP) is 8.63. The first-order valence-corrected chi connectivity index (χ1v) is 17.0. The lowest BCUT2D eigenvalue weighted by Gasteiger charge is -2.23. The van der Waals surface area contributed by atoms with Gasteiger partial charge in [0.25, 0.3) is 5.92 Å². The van der Waals surface area contributed by atoms with Crippen LogP contribution < -0.4 is 11.1 Å². The number of amides is 1. The van der Waals surface area contributed by atoms with E-state index in [1.807, 2.05) is 0 Å². The van der Waals surface area contributed by atoms with Gasteiger partial charge in [-0.1, -0.05) is 30.2 Å². The van der Waals surface area contributed by atoms with Gasteiger partial charge in [0.2, 0.25) is 5.91 Å². The van der Waals surface area contributed by atoms with Crippen LogP contribution in [0.5, 0.6) is 0 Å². The minimum atomic E-state index is -5.11. The van der Waals surface area contributed by atoms with E-state index < -0.39 is 90.2 Å². The van der Waals surface area contributed by atoms with Crippen LogP contribution in [0.1, 0.15) is 59.2 Å². The minimum Gasteiger partial charge on any atom is -0.382 e. The van der Waals surface area contributed by atoms with Crippen molar-refractivity contribution in [3.63, 3.8) is 0 Å². The Morgan fingerprint density at radius 2 is 1.73 bits per heavy atom. The van der Waals surface area contributed by atoms with E-state index in [-0.39, 0.29) is 56.2 Å². The summed E-state index contributed by atoms with van der Waals surface area (Å²) in [5, 5.41) is 9.64. The number of carbonyl (C=O) groups excluding carboxylic acids is 1. The van der Waals surface area contributed by atoms with E-state index in [0.29, 0.717) is 21.0 Å². The van der Waals surface area contributed by atoms with Crippen molar-refractivity contribution in [2.45, 2.75) is 63.1 Å². The first-order chi connectivity index (χ1) is 26.1. The fourth-order valence-electron chi connectivity index (χ4n) is 7.17. The van der Waals surface area contributed by atoms with E-state index in [1.54, 1.807) is 6.92 Å². The molecule has 1 amide bonds. The zero-order chi connectivity index (χ0) is 40.6. The molecule has 0 saturated heterocycles. The predicted molar refractivity (Wildman–Crippen MR) is 183 cm³/mol. The molecule has 0 spiro atoms. The van der Waals surface area contributed by atoms with Crippen molar-refractivity contribution in [2.24, 2.45) is 5.92 Å². The number of halogens is 11. The van der Waals surface area contributed by atoms with E-state index in [1.165, 1.54) is 24.3 Å². The van der Waals surface area contributed by atoms with Crippen molar-refractivity contribution in [1.29, 1.82) is 0 Å². The molecule has 3 heterocycles. The molecule has 5 aromatic rings. The average molecular weight is 810 g/mol. The van der Waals surface area contributed by atoms with Crippen LogP contribution in [-0.4, -0.2) is 36.6 Å². The van der Waals surface area contributed by atoms with Gasteiger partial charge in [0.05, 0.1) is 27.7 Å². The number of fused-ring (bicyclic) bond motifs is 4. The Bertz CT molecular complexity index is 2490. The van der Waals surface area contributed by atoms with Crippen molar-refractivity contribution in [1.82, 2.24) is 29.9 Å². The number of nitrogens with one attached hydrogen (secondary N) is 1. The molecule has 56 heavy (non-hydrogen) atoms. The topological polar surface area (TPSA) is 104 Å². The van der Waals surface area contributed by atoms with Gasteiger partial charge >= 0.3 is 12.4 Å². The van der Waals surface area contributed by atoms with Gasteiger partial charge in [-0.05, 0) is 73.1 Å². The Hall–Kier alpha value is -5.57. The lowest BCUT2D eigenvalue weighted by Crippen LogP contribution is -2.35. The Morgan fingerprint density at radius 1 is 1.05 bits per heavy atom. The van der Waals surface area contributed by atoms with Crippen LogP contribution in [0.2, 0.25) is 5.02 Å². The molecule has 1 fully saturated rings. The van der Waals surface area contributed by atoms with Gasteiger partial charge in [0, 0.05) is 28.7 Å². The Kier molecular flexibility index (Phi) is 9.38.